The van der Waals surface area contributed by atoms with Gasteiger partial charge in [-0.2, -0.15) is 4.31 Å². The summed E-state index contributed by atoms with van der Waals surface area (Å²) < 4.78 is 40.8. The molecule has 0 spiro atoms. The Morgan fingerprint density at radius 3 is 2.55 bits per heavy atom. The average Bonchev–Trinajstić information content (AvgIpc) is 3.04. The van der Waals surface area contributed by atoms with E-state index in [-0.39, 0.29) is 36.1 Å². The first kappa shape index (κ1) is 24.8. The van der Waals surface area contributed by atoms with Crippen LogP contribution in [-0.4, -0.2) is 56.0 Å². The summed E-state index contributed by atoms with van der Waals surface area (Å²) in [5.41, 5.74) is 1.56. The number of carbonyl (C=O) groups is 2. The van der Waals surface area contributed by atoms with E-state index in [1.807, 2.05) is 0 Å². The normalized spacial score (nSPS) is 16.9. The van der Waals surface area contributed by atoms with Crippen LogP contribution in [0.1, 0.15) is 41.5 Å². The van der Waals surface area contributed by atoms with Crippen LogP contribution in [0.2, 0.25) is 0 Å². The molecule has 2 heterocycles. The Kier molecular flexibility index (Phi) is 7.48. The molecule has 1 aromatic carbocycles. The van der Waals surface area contributed by atoms with Crippen LogP contribution in [-0.2, 0) is 26.6 Å². The van der Waals surface area contributed by atoms with Crippen molar-refractivity contribution in [3.8, 4) is 5.75 Å². The molecule has 0 bridgehead atoms. The van der Waals surface area contributed by atoms with E-state index in [0.29, 0.717) is 35.7 Å². The SMILES string of the molecule is CCOC(=O)c1c(S(=O)(=O)N2CCC[C@@H](C(=O)Nc3ccccc3OC)C2)c(C)n(C)c1C. The lowest BCUT2D eigenvalue weighted by Crippen LogP contribution is -2.44. The largest absolute Gasteiger partial charge is 0.495 e. The van der Waals surface area contributed by atoms with Crippen LogP contribution in [0.5, 0.6) is 5.75 Å². The first-order chi connectivity index (χ1) is 15.6. The van der Waals surface area contributed by atoms with Gasteiger partial charge in [0.1, 0.15) is 16.2 Å². The molecule has 0 saturated carbocycles. The van der Waals surface area contributed by atoms with E-state index in [2.05, 4.69) is 5.32 Å². The van der Waals surface area contributed by atoms with Crippen molar-refractivity contribution < 1.29 is 27.5 Å². The highest BCUT2D eigenvalue weighted by Gasteiger charge is 2.39. The molecular weight excluding hydrogens is 446 g/mol. The number of methoxy groups -OCH3 is 1. The Bertz CT molecular complexity index is 1160. The number of aromatic nitrogens is 1. The van der Waals surface area contributed by atoms with E-state index in [9.17, 15) is 18.0 Å². The van der Waals surface area contributed by atoms with Crippen molar-refractivity contribution in [1.82, 2.24) is 8.87 Å². The van der Waals surface area contributed by atoms with Crippen LogP contribution >= 0.6 is 0 Å². The van der Waals surface area contributed by atoms with E-state index in [1.165, 1.54) is 11.4 Å². The van der Waals surface area contributed by atoms with Crippen LogP contribution in [0.3, 0.4) is 0 Å². The van der Waals surface area contributed by atoms with Crippen molar-refractivity contribution in [3.05, 3.63) is 41.2 Å². The van der Waals surface area contributed by atoms with Gasteiger partial charge in [0.2, 0.25) is 15.9 Å². The van der Waals surface area contributed by atoms with Gasteiger partial charge >= 0.3 is 5.97 Å². The van der Waals surface area contributed by atoms with E-state index in [0.717, 1.165) is 0 Å². The summed E-state index contributed by atoms with van der Waals surface area (Å²) in [6.07, 6.45) is 1.09. The van der Waals surface area contributed by atoms with Crippen LogP contribution in [0.25, 0.3) is 0 Å². The molecule has 1 N–H and O–H groups in total. The number of amides is 1. The minimum atomic E-state index is -4.03. The number of benzene rings is 1. The fraction of sp³-hybridized carbons (Fsp3) is 0.478. The minimum Gasteiger partial charge on any atom is -0.495 e. The third-order valence-corrected chi connectivity index (χ3v) is 8.15. The molecule has 33 heavy (non-hydrogen) atoms. The number of para-hydroxylation sites is 2. The number of piperidine rings is 1. The Labute approximate surface area is 194 Å². The molecule has 1 atom stereocenters. The van der Waals surface area contributed by atoms with Crippen molar-refractivity contribution in [3.63, 3.8) is 0 Å². The molecule has 1 amide bonds. The molecule has 1 aliphatic heterocycles. The van der Waals surface area contributed by atoms with Gasteiger partial charge in [-0.15, -0.1) is 0 Å². The van der Waals surface area contributed by atoms with Crippen LogP contribution in [0, 0.1) is 19.8 Å². The lowest BCUT2D eigenvalue weighted by molar-refractivity contribution is -0.120. The smallest absolute Gasteiger partial charge is 0.341 e. The number of anilines is 1. The maximum atomic E-state index is 13.7. The molecular formula is C23H31N3O6S. The van der Waals surface area contributed by atoms with Crippen molar-refractivity contribution >= 4 is 27.6 Å². The van der Waals surface area contributed by atoms with Crippen LogP contribution in [0.15, 0.2) is 29.2 Å². The quantitative estimate of drug-likeness (QED) is 0.615. The summed E-state index contributed by atoms with van der Waals surface area (Å²) in [7, 11) is -0.800. The van der Waals surface area contributed by atoms with Crippen molar-refractivity contribution in [2.24, 2.45) is 13.0 Å². The third-order valence-electron chi connectivity index (χ3n) is 6.12. The summed E-state index contributed by atoms with van der Waals surface area (Å²) in [6.45, 7) is 5.47. The molecule has 0 radical (unpaired) electrons. The molecule has 2 aromatic rings. The lowest BCUT2D eigenvalue weighted by atomic mass is 9.98. The second kappa shape index (κ2) is 9.96. The molecule has 1 fully saturated rings. The molecule has 1 aliphatic rings. The van der Waals surface area contributed by atoms with Gasteiger partial charge in [0, 0.05) is 31.5 Å². The molecule has 1 saturated heterocycles. The highest BCUT2D eigenvalue weighted by Crippen LogP contribution is 2.32. The van der Waals surface area contributed by atoms with Crippen molar-refractivity contribution in [2.45, 2.75) is 38.5 Å². The number of carbonyl (C=O) groups excluding carboxylic acids is 2. The number of nitrogens with one attached hydrogen (secondary N) is 1. The van der Waals surface area contributed by atoms with Gasteiger partial charge in [0.15, 0.2) is 0 Å². The highest BCUT2D eigenvalue weighted by atomic mass is 32.2. The Morgan fingerprint density at radius 1 is 1.18 bits per heavy atom. The summed E-state index contributed by atoms with van der Waals surface area (Å²) in [5, 5.41) is 2.85. The van der Waals surface area contributed by atoms with Gasteiger partial charge < -0.3 is 19.4 Å². The zero-order chi connectivity index (χ0) is 24.3. The maximum Gasteiger partial charge on any atom is 0.341 e. The first-order valence-electron chi connectivity index (χ1n) is 10.9. The van der Waals surface area contributed by atoms with Crippen LogP contribution < -0.4 is 10.1 Å². The Morgan fingerprint density at radius 2 is 1.88 bits per heavy atom. The number of ether oxygens (including phenoxy) is 2. The number of hydrogen-bond acceptors (Lipinski definition) is 6. The lowest BCUT2D eigenvalue weighted by Gasteiger charge is -2.31. The number of rotatable bonds is 7. The minimum absolute atomic E-state index is 0.0267. The molecule has 10 heteroatoms. The predicted octanol–water partition coefficient (Wildman–Crippen LogP) is 2.87. The van der Waals surface area contributed by atoms with E-state index >= 15 is 0 Å². The molecule has 180 valence electrons. The van der Waals surface area contributed by atoms with E-state index in [1.54, 1.807) is 56.7 Å². The molecule has 1 aromatic heterocycles. The fourth-order valence-corrected chi connectivity index (χ4v) is 6.17. The number of nitrogens with zero attached hydrogens (tertiary/aromatic N) is 2. The molecule has 0 aliphatic carbocycles. The predicted molar refractivity (Wildman–Crippen MR) is 124 cm³/mol. The molecule has 3 rings (SSSR count). The second-order valence-electron chi connectivity index (χ2n) is 8.05. The van der Waals surface area contributed by atoms with E-state index in [4.69, 9.17) is 9.47 Å². The highest BCUT2D eigenvalue weighted by molar-refractivity contribution is 7.89. The summed E-state index contributed by atoms with van der Waals surface area (Å²) in [6, 6.07) is 7.06. The third kappa shape index (κ3) is 4.77. The van der Waals surface area contributed by atoms with Gasteiger partial charge in [-0.05, 0) is 45.7 Å². The topological polar surface area (TPSA) is 107 Å². The zero-order valence-corrected chi connectivity index (χ0v) is 20.5. The standard InChI is InChI=1S/C23H31N3O6S/c1-6-32-23(28)20-15(2)25(4)16(3)21(20)33(29,30)26-13-9-10-17(14-26)22(27)24-18-11-7-8-12-19(18)31-5/h7-8,11-12,17H,6,9-10,13-14H2,1-5H3,(H,24,27)/t17-/m1/s1. The number of esters is 1. The van der Waals surface area contributed by atoms with Gasteiger partial charge in [0.05, 0.1) is 25.3 Å². The van der Waals surface area contributed by atoms with Gasteiger partial charge in [-0.3, -0.25) is 4.79 Å². The van der Waals surface area contributed by atoms with Gasteiger partial charge in [-0.25, -0.2) is 13.2 Å². The van der Waals surface area contributed by atoms with Crippen LogP contribution in [0.4, 0.5) is 5.69 Å². The summed E-state index contributed by atoms with van der Waals surface area (Å²) in [4.78, 5) is 25.5. The van der Waals surface area contributed by atoms with Crippen molar-refractivity contribution in [2.75, 3.05) is 32.1 Å². The van der Waals surface area contributed by atoms with Gasteiger partial charge in [0.25, 0.3) is 0 Å². The zero-order valence-electron chi connectivity index (χ0n) is 19.7. The van der Waals surface area contributed by atoms with E-state index < -0.39 is 21.9 Å². The maximum absolute atomic E-state index is 13.7. The molecule has 0 unspecified atom stereocenters. The monoisotopic (exact) mass is 477 g/mol. The summed E-state index contributed by atoms with van der Waals surface area (Å²) >= 11 is 0. The Hall–Kier alpha value is -2.85. The fourth-order valence-electron chi connectivity index (χ4n) is 4.16. The molecule has 9 nitrogen and oxygen atoms in total. The number of hydrogen-bond donors (Lipinski definition) is 1. The second-order valence-corrected chi connectivity index (χ2v) is 9.92. The number of sulfonamides is 1. The first-order valence-corrected chi connectivity index (χ1v) is 12.3. The van der Waals surface area contributed by atoms with Crippen molar-refractivity contribution in [1.29, 1.82) is 0 Å². The van der Waals surface area contributed by atoms with Gasteiger partial charge in [-0.1, -0.05) is 12.1 Å². The summed E-state index contributed by atoms with van der Waals surface area (Å²) in [5.74, 6) is -0.944. The Balaban J connectivity index is 1.89. The average molecular weight is 478 g/mol.